The molecule has 0 spiro atoms. The Morgan fingerprint density at radius 3 is 0.917 bits per heavy atom. The van der Waals surface area contributed by atoms with Crippen LogP contribution in [0.15, 0.2) is 122 Å². The van der Waals surface area contributed by atoms with E-state index in [4.69, 9.17) is 14.2 Å². The second-order valence-electron chi connectivity index (χ2n) is 19.2. The van der Waals surface area contributed by atoms with Crippen LogP contribution in [0, 0.1) is 0 Å². The summed E-state index contributed by atoms with van der Waals surface area (Å²) in [5.74, 6) is -0.980. The molecule has 0 N–H and O–H groups in total. The predicted molar refractivity (Wildman–Crippen MR) is 311 cm³/mol. The minimum absolute atomic E-state index is 0.105. The summed E-state index contributed by atoms with van der Waals surface area (Å²) in [6, 6.07) is 0. The lowest BCUT2D eigenvalue weighted by molar-refractivity contribution is -0.167. The van der Waals surface area contributed by atoms with Gasteiger partial charge in [-0.2, -0.15) is 0 Å². The summed E-state index contributed by atoms with van der Waals surface area (Å²) in [6.45, 7) is 6.42. The predicted octanol–water partition coefficient (Wildman–Crippen LogP) is 20.0. The maximum atomic E-state index is 12.9. The smallest absolute Gasteiger partial charge is 0.306 e. The molecule has 1 atom stereocenters. The van der Waals surface area contributed by atoms with Crippen LogP contribution in [0.3, 0.4) is 0 Å². The van der Waals surface area contributed by atoms with Gasteiger partial charge in [0.1, 0.15) is 13.2 Å². The monoisotopic (exact) mass is 997 g/mol. The Kier molecular flexibility index (Phi) is 55.9. The van der Waals surface area contributed by atoms with E-state index in [1.165, 1.54) is 103 Å². The lowest BCUT2D eigenvalue weighted by Gasteiger charge is -2.18. The first-order valence-corrected chi connectivity index (χ1v) is 29.5. The second kappa shape index (κ2) is 59.4. The van der Waals surface area contributed by atoms with Gasteiger partial charge < -0.3 is 14.2 Å². The number of carbonyl (C=O) groups excluding carboxylic acids is 3. The van der Waals surface area contributed by atoms with E-state index in [9.17, 15) is 14.4 Å². The Morgan fingerprint density at radius 2 is 0.556 bits per heavy atom. The van der Waals surface area contributed by atoms with Crippen molar-refractivity contribution >= 4 is 17.9 Å². The first kappa shape index (κ1) is 67.8. The highest BCUT2D eigenvalue weighted by Gasteiger charge is 2.19. The molecule has 0 fully saturated rings. The maximum absolute atomic E-state index is 12.9. The van der Waals surface area contributed by atoms with Crippen LogP contribution < -0.4 is 0 Å². The zero-order chi connectivity index (χ0) is 52.2. The van der Waals surface area contributed by atoms with Crippen molar-refractivity contribution in [2.45, 2.75) is 264 Å². The molecule has 1 unspecified atom stereocenters. The number of rotatable bonds is 52. The summed E-state index contributed by atoms with van der Waals surface area (Å²) in [5.41, 5.74) is 0. The Labute approximate surface area is 443 Å². The topological polar surface area (TPSA) is 78.9 Å². The van der Waals surface area contributed by atoms with Gasteiger partial charge >= 0.3 is 17.9 Å². The van der Waals surface area contributed by atoms with Gasteiger partial charge in [-0.3, -0.25) is 14.4 Å². The Hall–Kier alpha value is -4.19. The summed E-state index contributed by atoms with van der Waals surface area (Å²) in [4.78, 5) is 38.2. The maximum Gasteiger partial charge on any atom is 0.306 e. The van der Waals surface area contributed by atoms with E-state index >= 15 is 0 Å². The zero-order valence-electron chi connectivity index (χ0n) is 46.7. The molecule has 0 aromatic heterocycles. The fourth-order valence-corrected chi connectivity index (χ4v) is 7.75. The van der Waals surface area contributed by atoms with Gasteiger partial charge in [0, 0.05) is 19.3 Å². The third-order valence-corrected chi connectivity index (χ3v) is 12.2. The molecule has 0 amide bonds. The normalized spacial score (nSPS) is 13.0. The van der Waals surface area contributed by atoms with Crippen LogP contribution in [0.25, 0.3) is 0 Å². The minimum atomic E-state index is -0.811. The molecular weight excluding hydrogens is 889 g/mol. The van der Waals surface area contributed by atoms with Crippen LogP contribution in [0.1, 0.15) is 258 Å². The van der Waals surface area contributed by atoms with E-state index in [1.807, 2.05) is 0 Å². The van der Waals surface area contributed by atoms with Crippen molar-refractivity contribution in [1.82, 2.24) is 0 Å². The first-order chi connectivity index (χ1) is 35.5. The zero-order valence-corrected chi connectivity index (χ0v) is 46.7. The molecular formula is C66H108O6. The highest BCUT2D eigenvalue weighted by atomic mass is 16.6. The van der Waals surface area contributed by atoms with Gasteiger partial charge in [0.05, 0.1) is 0 Å². The van der Waals surface area contributed by atoms with Crippen LogP contribution in [0.5, 0.6) is 0 Å². The van der Waals surface area contributed by atoms with E-state index < -0.39 is 6.10 Å². The van der Waals surface area contributed by atoms with Crippen LogP contribution in [0.4, 0.5) is 0 Å². The Balaban J connectivity index is 4.47. The molecule has 0 saturated heterocycles. The highest BCUT2D eigenvalue weighted by molar-refractivity contribution is 5.71. The van der Waals surface area contributed by atoms with Gasteiger partial charge in [0.25, 0.3) is 0 Å². The summed E-state index contributed by atoms with van der Waals surface area (Å²) in [7, 11) is 0. The molecule has 0 aromatic carbocycles. The SMILES string of the molecule is CC/C=C\C/C=C\C/C=C\C/C=C\C/C=C\C/C=C\C/C=C\CCCC(=O)OCC(COC(=O)CCCCCCC/C=C\CCCCC)OC(=O)CCCCCCCCCCC/C=C\C/C=C\CCCCC. The molecule has 0 heterocycles. The van der Waals surface area contributed by atoms with Crippen molar-refractivity contribution in [1.29, 1.82) is 0 Å². The number of hydrogen-bond donors (Lipinski definition) is 0. The number of ether oxygens (including phenoxy) is 3. The molecule has 0 aromatic rings. The lowest BCUT2D eigenvalue weighted by Crippen LogP contribution is -2.30. The Bertz CT molecular complexity index is 1520. The van der Waals surface area contributed by atoms with Gasteiger partial charge in [-0.25, -0.2) is 0 Å². The van der Waals surface area contributed by atoms with Crippen molar-refractivity contribution in [3.63, 3.8) is 0 Å². The van der Waals surface area contributed by atoms with E-state index in [0.29, 0.717) is 19.3 Å². The van der Waals surface area contributed by atoms with E-state index in [0.717, 1.165) is 109 Å². The Morgan fingerprint density at radius 1 is 0.292 bits per heavy atom. The van der Waals surface area contributed by atoms with Crippen molar-refractivity contribution in [2.24, 2.45) is 0 Å². The molecule has 6 heteroatoms. The summed E-state index contributed by atoms with van der Waals surface area (Å²) >= 11 is 0. The highest BCUT2D eigenvalue weighted by Crippen LogP contribution is 2.14. The number of carbonyl (C=O) groups is 3. The standard InChI is InChI=1S/C66H108O6/c1-4-7-10-13-16-19-22-25-27-29-31-32-33-34-36-37-39-41-44-47-50-53-56-59-65(68)71-62-63(61-70-64(67)58-55-52-49-46-43-24-21-18-15-12-9-6-3)72-66(69)60-57-54-51-48-45-42-40-38-35-30-28-26-23-20-17-14-11-8-5-2/h7,10,16-21,25-28,31-32,34,36,39,41,47,50,63H,4-6,8-9,11-15,22-24,29-30,33,35,37-38,40,42-46,48-49,51-62H2,1-3H3/b10-7-,19-16-,20-17-,21-18-,27-25-,28-26-,32-31-,36-34-,41-39-,50-47-. The number of allylic oxidation sites excluding steroid dienone is 20. The minimum Gasteiger partial charge on any atom is -0.462 e. The molecule has 0 radical (unpaired) electrons. The molecule has 0 saturated carbocycles. The fourth-order valence-electron chi connectivity index (χ4n) is 7.75. The van der Waals surface area contributed by atoms with Crippen molar-refractivity contribution in [3.8, 4) is 0 Å². The molecule has 0 bridgehead atoms. The summed E-state index contributed by atoms with van der Waals surface area (Å²) in [6.07, 6.45) is 81.9. The van der Waals surface area contributed by atoms with Crippen LogP contribution in [-0.4, -0.2) is 37.2 Å². The third kappa shape index (κ3) is 56.7. The van der Waals surface area contributed by atoms with Crippen LogP contribution in [0.2, 0.25) is 0 Å². The van der Waals surface area contributed by atoms with Crippen LogP contribution >= 0.6 is 0 Å². The van der Waals surface area contributed by atoms with Gasteiger partial charge in [0.15, 0.2) is 6.10 Å². The molecule has 408 valence electrons. The van der Waals surface area contributed by atoms with Gasteiger partial charge in [-0.1, -0.05) is 232 Å². The molecule has 72 heavy (non-hydrogen) atoms. The average Bonchev–Trinajstić information content (AvgIpc) is 3.38. The quantitative estimate of drug-likeness (QED) is 0.0261. The van der Waals surface area contributed by atoms with E-state index in [-0.39, 0.29) is 37.5 Å². The largest absolute Gasteiger partial charge is 0.462 e. The van der Waals surface area contributed by atoms with Gasteiger partial charge in [-0.05, 0) is 128 Å². The summed E-state index contributed by atoms with van der Waals surface area (Å²) < 4.78 is 16.8. The molecule has 0 aliphatic rings. The summed E-state index contributed by atoms with van der Waals surface area (Å²) in [5, 5.41) is 0. The van der Waals surface area contributed by atoms with Gasteiger partial charge in [-0.15, -0.1) is 0 Å². The van der Waals surface area contributed by atoms with Crippen molar-refractivity contribution < 1.29 is 28.6 Å². The van der Waals surface area contributed by atoms with E-state index in [2.05, 4.69) is 142 Å². The number of unbranched alkanes of at least 4 members (excludes halogenated alkanes) is 21. The molecule has 0 aliphatic carbocycles. The van der Waals surface area contributed by atoms with Crippen molar-refractivity contribution in [3.05, 3.63) is 122 Å². The van der Waals surface area contributed by atoms with Crippen LogP contribution in [-0.2, 0) is 28.6 Å². The molecule has 0 aliphatic heterocycles. The number of hydrogen-bond acceptors (Lipinski definition) is 6. The lowest BCUT2D eigenvalue weighted by atomic mass is 10.1. The van der Waals surface area contributed by atoms with Crippen molar-refractivity contribution in [2.75, 3.05) is 13.2 Å². The first-order valence-electron chi connectivity index (χ1n) is 29.5. The average molecular weight is 998 g/mol. The fraction of sp³-hybridized carbons (Fsp3) is 0.652. The number of esters is 3. The van der Waals surface area contributed by atoms with E-state index in [1.54, 1.807) is 0 Å². The molecule has 0 rings (SSSR count). The second-order valence-corrected chi connectivity index (χ2v) is 19.2. The van der Waals surface area contributed by atoms with Gasteiger partial charge in [0.2, 0.25) is 0 Å². The third-order valence-electron chi connectivity index (χ3n) is 12.2. The molecule has 6 nitrogen and oxygen atoms in total.